The van der Waals surface area contributed by atoms with E-state index >= 15 is 0 Å². The van der Waals surface area contributed by atoms with E-state index in [2.05, 4.69) is 38.2 Å². The van der Waals surface area contributed by atoms with Gasteiger partial charge in [0.05, 0.1) is 16.8 Å². The van der Waals surface area contributed by atoms with Crippen LogP contribution in [0.15, 0.2) is 54.6 Å². The smallest absolute Gasteiger partial charge is 0.258 e. The van der Waals surface area contributed by atoms with Gasteiger partial charge < -0.3 is 5.73 Å². The van der Waals surface area contributed by atoms with Crippen LogP contribution in [0.2, 0.25) is 0 Å². The second kappa shape index (κ2) is 8.21. The van der Waals surface area contributed by atoms with Crippen LogP contribution in [0, 0.1) is 11.3 Å². The Morgan fingerprint density at radius 1 is 1.11 bits per heavy atom. The molecule has 1 amide bonds. The van der Waals surface area contributed by atoms with E-state index in [0.29, 0.717) is 17.4 Å². The van der Waals surface area contributed by atoms with Gasteiger partial charge in [0.1, 0.15) is 0 Å². The van der Waals surface area contributed by atoms with E-state index in [9.17, 15) is 4.79 Å². The molecule has 0 radical (unpaired) electrons. The lowest BCUT2D eigenvalue weighted by molar-refractivity contribution is 0.0978. The van der Waals surface area contributed by atoms with Crippen molar-refractivity contribution in [1.82, 2.24) is 10.3 Å². The molecule has 0 spiro atoms. The first-order valence-corrected chi connectivity index (χ1v) is 9.51. The van der Waals surface area contributed by atoms with Gasteiger partial charge in [-0.1, -0.05) is 63.2 Å². The Morgan fingerprint density at radius 2 is 1.79 bits per heavy atom. The van der Waals surface area contributed by atoms with Crippen LogP contribution in [-0.4, -0.2) is 16.9 Å². The Balaban J connectivity index is 2.17. The Bertz CT molecular complexity index is 1030. The summed E-state index contributed by atoms with van der Waals surface area (Å²) in [5.41, 5.74) is 9.56. The van der Waals surface area contributed by atoms with E-state index in [4.69, 9.17) is 16.1 Å². The van der Waals surface area contributed by atoms with Crippen LogP contribution in [0.3, 0.4) is 0 Å². The maximum atomic E-state index is 12.7. The number of nitrogens with one attached hydrogen (secondary N) is 2. The number of para-hydroxylation sites is 1. The van der Waals surface area contributed by atoms with E-state index in [1.54, 1.807) is 6.07 Å². The highest BCUT2D eigenvalue weighted by Gasteiger charge is 2.18. The first-order chi connectivity index (χ1) is 13.4. The second-order valence-electron chi connectivity index (χ2n) is 7.56. The second-order valence-corrected chi connectivity index (χ2v) is 7.56. The number of nitrogens with two attached hydrogens (primary N) is 1. The molecule has 1 heterocycles. The summed E-state index contributed by atoms with van der Waals surface area (Å²) in [4.78, 5) is 17.5. The highest BCUT2D eigenvalue weighted by atomic mass is 16.1. The fourth-order valence-electron chi connectivity index (χ4n) is 3.68. The summed E-state index contributed by atoms with van der Waals surface area (Å²) in [5.74, 6) is 0.182. The van der Waals surface area contributed by atoms with Crippen molar-refractivity contribution >= 4 is 22.8 Å². The largest absolute Gasteiger partial charge is 0.370 e. The molecule has 3 aromatic rings. The Kier molecular flexibility index (Phi) is 5.73. The third-order valence-electron chi connectivity index (χ3n) is 4.80. The molecule has 1 aromatic heterocycles. The van der Waals surface area contributed by atoms with E-state index in [-0.39, 0.29) is 5.96 Å². The van der Waals surface area contributed by atoms with Gasteiger partial charge in [-0.2, -0.15) is 0 Å². The lowest BCUT2D eigenvalue weighted by Crippen LogP contribution is -2.35. The lowest BCUT2D eigenvalue weighted by Gasteiger charge is -2.19. The van der Waals surface area contributed by atoms with Gasteiger partial charge in [-0.25, -0.2) is 4.98 Å². The summed E-state index contributed by atoms with van der Waals surface area (Å²) in [6.45, 7) is 6.67. The third kappa shape index (κ3) is 4.19. The van der Waals surface area contributed by atoms with Crippen LogP contribution in [0.1, 0.15) is 49.0 Å². The molecule has 5 heteroatoms. The fraction of sp³-hybridized carbons (Fsp3) is 0.261. The van der Waals surface area contributed by atoms with E-state index in [1.165, 1.54) is 5.56 Å². The van der Waals surface area contributed by atoms with Crippen molar-refractivity contribution in [3.05, 3.63) is 65.7 Å². The minimum Gasteiger partial charge on any atom is -0.370 e. The number of carbonyl (C=O) groups is 1. The Hall–Kier alpha value is -3.21. The molecule has 4 N–H and O–H groups in total. The predicted molar refractivity (Wildman–Crippen MR) is 114 cm³/mol. The van der Waals surface area contributed by atoms with E-state index in [0.717, 1.165) is 28.6 Å². The van der Waals surface area contributed by atoms with Crippen LogP contribution in [0.5, 0.6) is 0 Å². The van der Waals surface area contributed by atoms with Gasteiger partial charge in [0.25, 0.3) is 5.91 Å². The molecule has 0 saturated carbocycles. The number of aromatic nitrogens is 1. The standard InChI is InChI=1S/C23H26N4O/c1-14(2)12-15(3)16-8-4-5-9-17(16)21-13-19(22(28)27-23(24)25)18-10-6-7-11-20(18)26-21/h4-11,13-15H,12H2,1-3H3,(H4,24,25,27,28). The zero-order chi connectivity index (χ0) is 20.3. The molecular formula is C23H26N4O. The number of hydrogen-bond donors (Lipinski definition) is 3. The van der Waals surface area contributed by atoms with Gasteiger partial charge in [0.2, 0.25) is 0 Å². The van der Waals surface area contributed by atoms with Crippen LogP contribution in [-0.2, 0) is 0 Å². The first-order valence-electron chi connectivity index (χ1n) is 9.51. The van der Waals surface area contributed by atoms with Crippen LogP contribution in [0.25, 0.3) is 22.2 Å². The summed E-state index contributed by atoms with van der Waals surface area (Å²) in [6.07, 6.45) is 1.07. The minimum absolute atomic E-state index is 0.374. The summed E-state index contributed by atoms with van der Waals surface area (Å²) in [7, 11) is 0. The lowest BCUT2D eigenvalue weighted by atomic mass is 9.87. The molecule has 28 heavy (non-hydrogen) atoms. The molecule has 1 atom stereocenters. The number of guanidine groups is 1. The number of hydrogen-bond acceptors (Lipinski definition) is 3. The fourth-order valence-corrected chi connectivity index (χ4v) is 3.68. The molecule has 1 unspecified atom stereocenters. The highest BCUT2D eigenvalue weighted by molar-refractivity contribution is 6.12. The summed E-state index contributed by atoms with van der Waals surface area (Å²) < 4.78 is 0. The van der Waals surface area contributed by atoms with E-state index < -0.39 is 5.91 Å². The number of amides is 1. The molecule has 0 bridgehead atoms. The van der Waals surface area contributed by atoms with Gasteiger partial charge in [-0.05, 0) is 36.0 Å². The van der Waals surface area contributed by atoms with Gasteiger partial charge in [0, 0.05) is 10.9 Å². The number of rotatable bonds is 5. The number of fused-ring (bicyclic) bond motifs is 1. The number of carbonyl (C=O) groups excluding carboxylic acids is 1. The van der Waals surface area contributed by atoms with Crippen molar-refractivity contribution in [2.75, 3.05) is 0 Å². The Morgan fingerprint density at radius 3 is 2.50 bits per heavy atom. The van der Waals surface area contributed by atoms with Gasteiger partial charge in [0.15, 0.2) is 5.96 Å². The number of pyridine rings is 1. The average molecular weight is 374 g/mol. The highest BCUT2D eigenvalue weighted by Crippen LogP contribution is 2.33. The maximum Gasteiger partial charge on any atom is 0.258 e. The minimum atomic E-state index is -0.403. The zero-order valence-electron chi connectivity index (χ0n) is 16.5. The van der Waals surface area contributed by atoms with Crippen LogP contribution >= 0.6 is 0 Å². The monoisotopic (exact) mass is 374 g/mol. The van der Waals surface area contributed by atoms with E-state index in [1.807, 2.05) is 36.4 Å². The predicted octanol–water partition coefficient (Wildman–Crippen LogP) is 4.67. The molecule has 144 valence electrons. The number of nitrogens with zero attached hydrogens (tertiary/aromatic N) is 1. The SMILES string of the molecule is CC(C)CC(C)c1ccccc1-c1cc(C(=O)NC(=N)N)c2ccccc2n1. The average Bonchev–Trinajstić information content (AvgIpc) is 2.66. The normalized spacial score (nSPS) is 12.1. The molecular weight excluding hydrogens is 348 g/mol. The number of benzene rings is 2. The molecule has 0 saturated heterocycles. The quantitative estimate of drug-likeness (QED) is 0.447. The van der Waals surface area contributed by atoms with Gasteiger partial charge in [-0.3, -0.25) is 15.5 Å². The van der Waals surface area contributed by atoms with Crippen molar-refractivity contribution in [2.24, 2.45) is 11.7 Å². The molecule has 0 aliphatic rings. The van der Waals surface area contributed by atoms with Gasteiger partial charge in [-0.15, -0.1) is 0 Å². The first kappa shape index (κ1) is 19.5. The van der Waals surface area contributed by atoms with Crippen molar-refractivity contribution in [2.45, 2.75) is 33.1 Å². The summed E-state index contributed by atoms with van der Waals surface area (Å²) in [6, 6.07) is 17.5. The van der Waals surface area contributed by atoms with Crippen LogP contribution in [0.4, 0.5) is 0 Å². The van der Waals surface area contributed by atoms with Crippen molar-refractivity contribution in [3.63, 3.8) is 0 Å². The third-order valence-corrected chi connectivity index (χ3v) is 4.80. The van der Waals surface area contributed by atoms with Crippen molar-refractivity contribution in [1.29, 1.82) is 5.41 Å². The molecule has 5 nitrogen and oxygen atoms in total. The zero-order valence-corrected chi connectivity index (χ0v) is 16.5. The molecule has 3 rings (SSSR count). The molecule has 0 aliphatic heterocycles. The maximum absolute atomic E-state index is 12.7. The summed E-state index contributed by atoms with van der Waals surface area (Å²) in [5, 5.41) is 10.5. The summed E-state index contributed by atoms with van der Waals surface area (Å²) >= 11 is 0. The van der Waals surface area contributed by atoms with Gasteiger partial charge >= 0.3 is 0 Å². The molecule has 0 fully saturated rings. The topological polar surface area (TPSA) is 91.9 Å². The molecule has 2 aromatic carbocycles. The Labute approximate surface area is 165 Å². The van der Waals surface area contributed by atoms with Crippen LogP contribution < -0.4 is 11.1 Å². The van der Waals surface area contributed by atoms with Crippen molar-refractivity contribution < 1.29 is 4.79 Å². The molecule has 0 aliphatic carbocycles. The van der Waals surface area contributed by atoms with Crippen molar-refractivity contribution in [3.8, 4) is 11.3 Å².